The van der Waals surface area contributed by atoms with E-state index in [2.05, 4.69) is 0 Å². The van der Waals surface area contributed by atoms with Crippen molar-refractivity contribution < 1.29 is 14.7 Å². The number of aliphatic hydroxyl groups excluding tert-OH is 1. The molecule has 1 saturated heterocycles. The quantitative estimate of drug-likeness (QED) is 0.831. The van der Waals surface area contributed by atoms with Crippen LogP contribution in [-0.4, -0.2) is 59.0 Å². The minimum absolute atomic E-state index is 0.0148. The highest BCUT2D eigenvalue weighted by molar-refractivity contribution is 5.82. The van der Waals surface area contributed by atoms with Crippen LogP contribution in [0.15, 0.2) is 0 Å². The lowest BCUT2D eigenvalue weighted by molar-refractivity contribution is -0.145. The highest BCUT2D eigenvalue weighted by atomic mass is 16.3. The molecule has 1 aliphatic heterocycles. The Kier molecular flexibility index (Phi) is 5.62. The van der Waals surface area contributed by atoms with Gasteiger partial charge >= 0.3 is 0 Å². The van der Waals surface area contributed by atoms with Crippen LogP contribution in [0.1, 0.15) is 46.0 Å². The number of piperidine rings is 1. The molecule has 1 aliphatic carbocycles. The molecule has 120 valence electrons. The highest BCUT2D eigenvalue weighted by Gasteiger charge is 2.35. The normalized spacial score (nSPS) is 23.0. The molecule has 2 rings (SSSR count). The molecule has 1 N–H and O–H groups in total. The second-order valence-corrected chi connectivity index (χ2v) is 6.62. The standard InChI is InChI=1S/C16H28N2O3/c1-12(2)15(20)17-8-4-5-13(11-17)16(21)18(9-10-19)14-6-3-7-14/h12-14,19H,3-11H2,1-2H3. The number of carbonyl (C=O) groups excluding carboxylic acids is 2. The Hall–Kier alpha value is -1.10. The monoisotopic (exact) mass is 296 g/mol. The van der Waals surface area contributed by atoms with Crippen molar-refractivity contribution in [3.63, 3.8) is 0 Å². The van der Waals surface area contributed by atoms with Crippen molar-refractivity contribution in [2.24, 2.45) is 11.8 Å². The second kappa shape index (κ2) is 7.25. The molecule has 1 unspecified atom stereocenters. The molecule has 1 atom stereocenters. The fourth-order valence-corrected chi connectivity index (χ4v) is 3.26. The summed E-state index contributed by atoms with van der Waals surface area (Å²) in [6.07, 6.45) is 5.02. The number of aliphatic hydroxyl groups is 1. The summed E-state index contributed by atoms with van der Waals surface area (Å²) in [4.78, 5) is 28.6. The predicted molar refractivity (Wildman–Crippen MR) is 80.6 cm³/mol. The molecule has 5 heteroatoms. The third-order valence-electron chi connectivity index (χ3n) is 4.72. The van der Waals surface area contributed by atoms with Crippen molar-refractivity contribution >= 4 is 11.8 Å². The third kappa shape index (κ3) is 3.76. The maximum atomic E-state index is 12.7. The maximum absolute atomic E-state index is 12.7. The molecule has 5 nitrogen and oxygen atoms in total. The number of likely N-dealkylation sites (tertiary alicyclic amines) is 1. The fraction of sp³-hybridized carbons (Fsp3) is 0.875. The van der Waals surface area contributed by atoms with Gasteiger partial charge in [0.2, 0.25) is 11.8 Å². The SMILES string of the molecule is CC(C)C(=O)N1CCCC(C(=O)N(CCO)C2CCC2)C1. The van der Waals surface area contributed by atoms with E-state index in [9.17, 15) is 14.7 Å². The van der Waals surface area contributed by atoms with Crippen LogP contribution in [0.4, 0.5) is 0 Å². The van der Waals surface area contributed by atoms with Crippen molar-refractivity contribution in [2.75, 3.05) is 26.2 Å². The van der Waals surface area contributed by atoms with E-state index in [1.807, 2.05) is 23.6 Å². The Labute approximate surface area is 127 Å². The number of carbonyl (C=O) groups is 2. The Morgan fingerprint density at radius 3 is 2.48 bits per heavy atom. The first-order chi connectivity index (χ1) is 10.0. The number of hydrogen-bond donors (Lipinski definition) is 1. The summed E-state index contributed by atoms with van der Waals surface area (Å²) >= 11 is 0. The van der Waals surface area contributed by atoms with Gasteiger partial charge in [0.05, 0.1) is 12.5 Å². The van der Waals surface area contributed by atoms with E-state index in [0.717, 1.165) is 32.2 Å². The maximum Gasteiger partial charge on any atom is 0.227 e. The van der Waals surface area contributed by atoms with Crippen LogP contribution in [-0.2, 0) is 9.59 Å². The van der Waals surface area contributed by atoms with Gasteiger partial charge in [0.25, 0.3) is 0 Å². The summed E-state index contributed by atoms with van der Waals surface area (Å²) in [5.41, 5.74) is 0. The van der Waals surface area contributed by atoms with Crippen LogP contribution in [0.3, 0.4) is 0 Å². The molecule has 2 aliphatic rings. The Morgan fingerprint density at radius 2 is 1.95 bits per heavy atom. The lowest BCUT2D eigenvalue weighted by Crippen LogP contribution is -2.52. The zero-order valence-electron chi connectivity index (χ0n) is 13.3. The van der Waals surface area contributed by atoms with Crippen molar-refractivity contribution in [3.8, 4) is 0 Å². The second-order valence-electron chi connectivity index (χ2n) is 6.62. The first-order valence-corrected chi connectivity index (χ1v) is 8.24. The first kappa shape index (κ1) is 16.3. The molecular formula is C16H28N2O3. The molecule has 2 fully saturated rings. The van der Waals surface area contributed by atoms with Crippen molar-refractivity contribution in [1.82, 2.24) is 9.80 Å². The first-order valence-electron chi connectivity index (χ1n) is 8.24. The van der Waals surface area contributed by atoms with Crippen LogP contribution in [0, 0.1) is 11.8 Å². The van der Waals surface area contributed by atoms with Gasteiger partial charge in [0, 0.05) is 31.6 Å². The smallest absolute Gasteiger partial charge is 0.227 e. The van der Waals surface area contributed by atoms with E-state index < -0.39 is 0 Å². The number of nitrogens with zero attached hydrogens (tertiary/aromatic N) is 2. The molecule has 0 bridgehead atoms. The molecule has 1 saturated carbocycles. The fourth-order valence-electron chi connectivity index (χ4n) is 3.26. The number of hydrogen-bond acceptors (Lipinski definition) is 3. The van der Waals surface area contributed by atoms with Crippen LogP contribution < -0.4 is 0 Å². The summed E-state index contributed by atoms with van der Waals surface area (Å²) in [6, 6.07) is 0.306. The zero-order valence-corrected chi connectivity index (χ0v) is 13.3. The zero-order chi connectivity index (χ0) is 15.4. The lowest BCUT2D eigenvalue weighted by atomic mass is 9.88. The average Bonchev–Trinajstić information content (AvgIpc) is 2.43. The van der Waals surface area contributed by atoms with Crippen LogP contribution in [0.2, 0.25) is 0 Å². The van der Waals surface area contributed by atoms with Crippen LogP contribution >= 0.6 is 0 Å². The minimum Gasteiger partial charge on any atom is -0.395 e. The van der Waals surface area contributed by atoms with E-state index in [-0.39, 0.29) is 30.3 Å². The molecule has 0 aromatic rings. The molecule has 21 heavy (non-hydrogen) atoms. The van der Waals surface area contributed by atoms with Gasteiger partial charge in [0.1, 0.15) is 0 Å². The summed E-state index contributed by atoms with van der Waals surface area (Å²) in [7, 11) is 0. The molecule has 0 spiro atoms. The van der Waals surface area contributed by atoms with E-state index in [1.165, 1.54) is 6.42 Å². The van der Waals surface area contributed by atoms with Gasteiger partial charge in [-0.25, -0.2) is 0 Å². The Morgan fingerprint density at radius 1 is 1.24 bits per heavy atom. The van der Waals surface area contributed by atoms with Gasteiger partial charge < -0.3 is 14.9 Å². The topological polar surface area (TPSA) is 60.9 Å². The molecule has 1 heterocycles. The predicted octanol–water partition coefficient (Wildman–Crippen LogP) is 1.25. The van der Waals surface area contributed by atoms with Crippen molar-refractivity contribution in [1.29, 1.82) is 0 Å². The van der Waals surface area contributed by atoms with Gasteiger partial charge in [-0.05, 0) is 32.1 Å². The van der Waals surface area contributed by atoms with Gasteiger partial charge in [-0.3, -0.25) is 9.59 Å². The Balaban J connectivity index is 1.98. The number of amides is 2. The highest BCUT2D eigenvalue weighted by Crippen LogP contribution is 2.28. The Bertz CT molecular complexity index is 380. The lowest BCUT2D eigenvalue weighted by Gasteiger charge is -2.41. The van der Waals surface area contributed by atoms with Crippen LogP contribution in [0.5, 0.6) is 0 Å². The van der Waals surface area contributed by atoms with Gasteiger partial charge in [-0.15, -0.1) is 0 Å². The largest absolute Gasteiger partial charge is 0.395 e. The van der Waals surface area contributed by atoms with E-state index in [0.29, 0.717) is 19.1 Å². The minimum atomic E-state index is -0.0893. The third-order valence-corrected chi connectivity index (χ3v) is 4.72. The number of rotatable bonds is 5. The summed E-state index contributed by atoms with van der Waals surface area (Å²) in [6.45, 7) is 5.57. The van der Waals surface area contributed by atoms with Crippen molar-refractivity contribution in [3.05, 3.63) is 0 Å². The molecular weight excluding hydrogens is 268 g/mol. The van der Waals surface area contributed by atoms with Crippen molar-refractivity contribution in [2.45, 2.75) is 52.0 Å². The van der Waals surface area contributed by atoms with E-state index in [1.54, 1.807) is 0 Å². The summed E-state index contributed by atoms with van der Waals surface area (Å²) < 4.78 is 0. The van der Waals surface area contributed by atoms with Gasteiger partial charge in [-0.1, -0.05) is 13.8 Å². The van der Waals surface area contributed by atoms with Gasteiger partial charge in [-0.2, -0.15) is 0 Å². The molecule has 2 amide bonds. The molecule has 0 aromatic heterocycles. The summed E-state index contributed by atoms with van der Waals surface area (Å²) in [5, 5.41) is 9.21. The van der Waals surface area contributed by atoms with E-state index in [4.69, 9.17) is 0 Å². The van der Waals surface area contributed by atoms with Crippen LogP contribution in [0.25, 0.3) is 0 Å². The van der Waals surface area contributed by atoms with E-state index >= 15 is 0 Å². The average molecular weight is 296 g/mol. The summed E-state index contributed by atoms with van der Waals surface area (Å²) in [5.74, 6) is 0.174. The molecule has 0 radical (unpaired) electrons. The molecule has 0 aromatic carbocycles. The van der Waals surface area contributed by atoms with Gasteiger partial charge in [0.15, 0.2) is 0 Å².